The van der Waals surface area contributed by atoms with Crippen molar-refractivity contribution in [3.63, 3.8) is 0 Å². The van der Waals surface area contributed by atoms with Gasteiger partial charge in [-0.05, 0) is 17.5 Å². The van der Waals surface area contributed by atoms with Crippen molar-refractivity contribution in [1.82, 2.24) is 5.43 Å². The molecule has 0 heterocycles. The van der Waals surface area contributed by atoms with Crippen LogP contribution in [0.3, 0.4) is 0 Å². The number of nitrogens with one attached hydrogen (secondary N) is 1. The molecule has 0 radical (unpaired) electrons. The zero-order valence-corrected chi connectivity index (χ0v) is 11.1. The van der Waals surface area contributed by atoms with Crippen molar-refractivity contribution in [3.05, 3.63) is 35.4 Å². The number of hydrazine groups is 1. The lowest BCUT2D eigenvalue weighted by atomic mass is 10.0. The van der Waals surface area contributed by atoms with Crippen LogP contribution in [0.15, 0.2) is 24.3 Å². The van der Waals surface area contributed by atoms with Crippen LogP contribution in [0.5, 0.6) is 0 Å². The molecule has 0 bridgehead atoms. The van der Waals surface area contributed by atoms with Gasteiger partial charge >= 0.3 is 0 Å². The predicted molar refractivity (Wildman–Crippen MR) is 70.2 cm³/mol. The van der Waals surface area contributed by atoms with E-state index in [1.165, 1.54) is 11.8 Å². The molecular weight excluding hydrogens is 236 g/mol. The summed E-state index contributed by atoms with van der Waals surface area (Å²) >= 11 is 0. The lowest BCUT2D eigenvalue weighted by molar-refractivity contribution is 0.564. The fraction of sp³-hybridized carbons (Fsp3) is 0.500. The van der Waals surface area contributed by atoms with E-state index in [1.54, 1.807) is 0 Å². The van der Waals surface area contributed by atoms with Crippen LogP contribution < -0.4 is 11.3 Å². The molecule has 1 aromatic rings. The maximum absolute atomic E-state index is 11.3. The summed E-state index contributed by atoms with van der Waals surface area (Å²) in [6.45, 7) is 2.11. The molecule has 5 heteroatoms. The van der Waals surface area contributed by atoms with E-state index in [2.05, 4.69) is 12.3 Å². The quantitative estimate of drug-likeness (QED) is 0.592. The van der Waals surface area contributed by atoms with Gasteiger partial charge in [0.2, 0.25) is 0 Å². The van der Waals surface area contributed by atoms with Crippen LogP contribution >= 0.6 is 0 Å². The fourth-order valence-electron chi connectivity index (χ4n) is 1.80. The maximum atomic E-state index is 11.3. The van der Waals surface area contributed by atoms with Crippen LogP contribution in [0.25, 0.3) is 0 Å². The first-order valence-corrected chi connectivity index (χ1v) is 7.75. The highest BCUT2D eigenvalue weighted by molar-refractivity contribution is 7.90. The average Bonchev–Trinajstić information content (AvgIpc) is 2.25. The Morgan fingerprint density at radius 1 is 1.41 bits per heavy atom. The number of hydrogen-bond donors (Lipinski definition) is 2. The molecule has 0 aromatic heterocycles. The molecule has 0 amide bonds. The van der Waals surface area contributed by atoms with E-state index in [0.29, 0.717) is 0 Å². The van der Waals surface area contributed by atoms with Crippen molar-refractivity contribution in [2.24, 2.45) is 5.84 Å². The Hall–Kier alpha value is -0.910. The summed E-state index contributed by atoms with van der Waals surface area (Å²) in [5.41, 5.74) is 4.69. The Labute approximate surface area is 103 Å². The van der Waals surface area contributed by atoms with Crippen LogP contribution in [0, 0.1) is 0 Å². The van der Waals surface area contributed by atoms with E-state index < -0.39 is 9.84 Å². The van der Waals surface area contributed by atoms with E-state index in [0.717, 1.165) is 18.4 Å². The monoisotopic (exact) mass is 256 g/mol. The Bertz CT molecular complexity index is 457. The molecule has 4 nitrogen and oxygen atoms in total. The van der Waals surface area contributed by atoms with Crippen molar-refractivity contribution in [2.45, 2.75) is 25.8 Å². The number of benzene rings is 1. The van der Waals surface area contributed by atoms with Crippen molar-refractivity contribution in [2.75, 3.05) is 12.0 Å². The van der Waals surface area contributed by atoms with Gasteiger partial charge in [0.05, 0.1) is 11.8 Å². The molecule has 3 N–H and O–H groups in total. The van der Waals surface area contributed by atoms with Crippen LogP contribution in [-0.2, 0) is 16.3 Å². The number of rotatable bonds is 6. The molecule has 0 aliphatic rings. The van der Waals surface area contributed by atoms with Gasteiger partial charge in [0.15, 0.2) is 0 Å². The topological polar surface area (TPSA) is 72.2 Å². The number of hydrogen-bond acceptors (Lipinski definition) is 4. The van der Waals surface area contributed by atoms with E-state index in [4.69, 9.17) is 5.84 Å². The van der Waals surface area contributed by atoms with Gasteiger partial charge < -0.3 is 0 Å². The first-order valence-electron chi connectivity index (χ1n) is 5.69. The summed E-state index contributed by atoms with van der Waals surface area (Å²) in [5, 5.41) is 0. The second-order valence-corrected chi connectivity index (χ2v) is 6.49. The molecular formula is C12H20N2O2S. The molecule has 17 heavy (non-hydrogen) atoms. The van der Waals surface area contributed by atoms with Crippen molar-refractivity contribution < 1.29 is 8.42 Å². The van der Waals surface area contributed by atoms with Gasteiger partial charge in [-0.3, -0.25) is 11.3 Å². The first kappa shape index (κ1) is 14.2. The second kappa shape index (κ2) is 6.14. The van der Waals surface area contributed by atoms with Crippen LogP contribution in [0.4, 0.5) is 0 Å². The van der Waals surface area contributed by atoms with E-state index in [9.17, 15) is 8.42 Å². The molecule has 0 spiro atoms. The Morgan fingerprint density at radius 2 is 2.12 bits per heavy atom. The molecule has 0 fully saturated rings. The first-order chi connectivity index (χ1) is 7.96. The van der Waals surface area contributed by atoms with Gasteiger partial charge in [0.25, 0.3) is 0 Å². The fourth-order valence-corrected chi connectivity index (χ4v) is 2.69. The third kappa shape index (κ3) is 4.85. The van der Waals surface area contributed by atoms with E-state index >= 15 is 0 Å². The van der Waals surface area contributed by atoms with Crippen molar-refractivity contribution >= 4 is 9.84 Å². The summed E-state index contributed by atoms with van der Waals surface area (Å²) in [6.07, 6.45) is 3.27. The summed E-state index contributed by atoms with van der Waals surface area (Å²) < 4.78 is 22.6. The van der Waals surface area contributed by atoms with E-state index in [-0.39, 0.29) is 11.8 Å². The Kier molecular flexibility index (Phi) is 5.11. The number of aryl methyl sites for hydroxylation is 1. The maximum Gasteiger partial charge on any atom is 0.149 e. The highest BCUT2D eigenvalue weighted by atomic mass is 32.2. The molecule has 1 rings (SSSR count). The van der Waals surface area contributed by atoms with Gasteiger partial charge in [-0.2, -0.15) is 0 Å². The molecule has 1 aromatic carbocycles. The Balaban J connectivity index is 2.91. The normalized spacial score (nSPS) is 13.6. The van der Waals surface area contributed by atoms with Crippen LogP contribution in [-0.4, -0.2) is 20.4 Å². The predicted octanol–water partition coefficient (Wildman–Crippen LogP) is 1.19. The third-order valence-electron chi connectivity index (χ3n) is 2.56. The molecule has 0 saturated heterocycles. The SMILES string of the molecule is CCCc1cccc(C(CS(C)(=O)=O)NN)c1. The molecule has 96 valence electrons. The minimum Gasteiger partial charge on any atom is -0.271 e. The van der Waals surface area contributed by atoms with Gasteiger partial charge in [0, 0.05) is 6.26 Å². The zero-order valence-electron chi connectivity index (χ0n) is 10.3. The lowest BCUT2D eigenvalue weighted by Gasteiger charge is -2.16. The average molecular weight is 256 g/mol. The minimum absolute atomic E-state index is 0.0130. The van der Waals surface area contributed by atoms with Gasteiger partial charge in [-0.25, -0.2) is 8.42 Å². The summed E-state index contributed by atoms with van der Waals surface area (Å²) in [5.74, 6) is 5.43. The molecule has 1 atom stereocenters. The largest absolute Gasteiger partial charge is 0.271 e. The smallest absolute Gasteiger partial charge is 0.149 e. The van der Waals surface area contributed by atoms with Crippen molar-refractivity contribution in [3.8, 4) is 0 Å². The highest BCUT2D eigenvalue weighted by Crippen LogP contribution is 2.16. The second-order valence-electron chi connectivity index (χ2n) is 4.31. The molecule has 0 aliphatic carbocycles. The molecule has 0 aliphatic heterocycles. The standard InChI is InChI=1S/C12H20N2O2S/c1-3-5-10-6-4-7-11(8-10)12(14-13)9-17(2,15)16/h4,6-8,12,14H,3,5,9,13H2,1-2H3. The number of sulfone groups is 1. The van der Waals surface area contributed by atoms with Gasteiger partial charge in [-0.1, -0.05) is 37.6 Å². The minimum atomic E-state index is -3.05. The van der Waals surface area contributed by atoms with Gasteiger partial charge in [-0.15, -0.1) is 0 Å². The summed E-state index contributed by atoms with van der Waals surface area (Å²) in [7, 11) is -3.05. The van der Waals surface area contributed by atoms with Crippen molar-refractivity contribution in [1.29, 1.82) is 0 Å². The number of nitrogens with two attached hydrogens (primary N) is 1. The van der Waals surface area contributed by atoms with Crippen LogP contribution in [0.2, 0.25) is 0 Å². The third-order valence-corrected chi connectivity index (χ3v) is 3.50. The van der Waals surface area contributed by atoms with Crippen LogP contribution in [0.1, 0.15) is 30.5 Å². The zero-order chi connectivity index (χ0) is 12.9. The molecule has 1 unspecified atom stereocenters. The summed E-state index contributed by atoms with van der Waals surface area (Å²) in [6, 6.07) is 7.55. The summed E-state index contributed by atoms with van der Waals surface area (Å²) in [4.78, 5) is 0. The van der Waals surface area contributed by atoms with E-state index in [1.807, 2.05) is 24.3 Å². The lowest BCUT2D eigenvalue weighted by Crippen LogP contribution is -2.33. The molecule has 0 saturated carbocycles. The Morgan fingerprint density at radius 3 is 2.65 bits per heavy atom. The highest BCUT2D eigenvalue weighted by Gasteiger charge is 2.16. The van der Waals surface area contributed by atoms with Gasteiger partial charge in [0.1, 0.15) is 9.84 Å².